The van der Waals surface area contributed by atoms with Gasteiger partial charge in [-0.05, 0) is 48.6 Å². The summed E-state index contributed by atoms with van der Waals surface area (Å²) in [6.07, 6.45) is -1.09. The van der Waals surface area contributed by atoms with Gasteiger partial charge in [-0.2, -0.15) is 13.2 Å². The molecule has 0 aromatic heterocycles. The molecule has 3 nitrogen and oxygen atoms in total. The molecule has 1 aliphatic rings. The lowest BCUT2D eigenvalue weighted by molar-refractivity contribution is -0.137. The van der Waals surface area contributed by atoms with E-state index in [0.29, 0.717) is 12.1 Å². The summed E-state index contributed by atoms with van der Waals surface area (Å²) in [4.78, 5) is 16.5. The molecule has 1 heterocycles. The van der Waals surface area contributed by atoms with Gasteiger partial charge in [-0.15, -0.1) is 0 Å². The topological polar surface area (TPSA) is 23.6 Å². The fourth-order valence-electron chi connectivity index (χ4n) is 3.52. The van der Waals surface area contributed by atoms with Crippen LogP contribution in [0.2, 0.25) is 0 Å². The first kappa shape index (κ1) is 20.2. The van der Waals surface area contributed by atoms with Crippen molar-refractivity contribution in [2.75, 3.05) is 31.6 Å². The Morgan fingerprint density at radius 1 is 1.04 bits per heavy atom. The number of benzene rings is 2. The Kier molecular flexibility index (Phi) is 6.27. The third-order valence-electron chi connectivity index (χ3n) is 5.22. The van der Waals surface area contributed by atoms with Gasteiger partial charge in [0.25, 0.3) is 0 Å². The van der Waals surface area contributed by atoms with Crippen LogP contribution in [0, 0.1) is 0 Å². The van der Waals surface area contributed by atoms with Crippen molar-refractivity contribution in [2.45, 2.75) is 31.9 Å². The van der Waals surface area contributed by atoms with Gasteiger partial charge >= 0.3 is 6.18 Å². The Morgan fingerprint density at radius 3 is 2.32 bits per heavy atom. The first-order chi connectivity index (χ1) is 13.3. The van der Waals surface area contributed by atoms with Crippen LogP contribution in [0.1, 0.15) is 29.5 Å². The highest BCUT2D eigenvalue weighted by Crippen LogP contribution is 2.29. The maximum atomic E-state index is 12.6. The number of hydrogen-bond donors (Lipinski definition) is 0. The van der Waals surface area contributed by atoms with Gasteiger partial charge in [0.05, 0.1) is 12.0 Å². The minimum absolute atomic E-state index is 0.0987. The van der Waals surface area contributed by atoms with Crippen LogP contribution in [0.4, 0.5) is 18.9 Å². The second kappa shape index (κ2) is 8.67. The highest BCUT2D eigenvalue weighted by Gasteiger charge is 2.30. The van der Waals surface area contributed by atoms with E-state index in [0.717, 1.165) is 31.6 Å². The monoisotopic (exact) mass is 390 g/mol. The SMILES string of the molecule is CN(CCc1ccccc1N1CCCC1)C(=O)Cc1ccc(C(F)(F)F)cc1. The standard InChI is InChI=1S/C22H25F3N2O/c1-26(21(28)16-17-8-10-19(11-9-17)22(23,24)25)15-12-18-6-2-3-7-20(18)27-13-4-5-14-27/h2-3,6-11H,4-5,12-16H2,1H3. The van der Waals surface area contributed by atoms with Crippen LogP contribution < -0.4 is 4.90 Å². The highest BCUT2D eigenvalue weighted by atomic mass is 19.4. The predicted octanol–water partition coefficient (Wildman–Crippen LogP) is 4.55. The lowest BCUT2D eigenvalue weighted by Crippen LogP contribution is -2.30. The van der Waals surface area contributed by atoms with Crippen molar-refractivity contribution in [3.8, 4) is 0 Å². The van der Waals surface area contributed by atoms with Gasteiger partial charge in [-0.25, -0.2) is 0 Å². The molecule has 2 aromatic carbocycles. The zero-order chi connectivity index (χ0) is 20.1. The summed E-state index contributed by atoms with van der Waals surface area (Å²) in [6.45, 7) is 2.71. The number of nitrogens with zero attached hydrogens (tertiary/aromatic N) is 2. The zero-order valence-electron chi connectivity index (χ0n) is 16.0. The second-order valence-electron chi connectivity index (χ2n) is 7.26. The van der Waals surface area contributed by atoms with Gasteiger partial charge in [-0.3, -0.25) is 4.79 Å². The maximum Gasteiger partial charge on any atom is 0.416 e. The van der Waals surface area contributed by atoms with Crippen molar-refractivity contribution in [1.82, 2.24) is 4.90 Å². The Bertz CT molecular complexity index is 796. The van der Waals surface area contributed by atoms with Gasteiger partial charge in [0.2, 0.25) is 5.91 Å². The molecule has 1 aliphatic heterocycles. The molecule has 0 saturated carbocycles. The van der Waals surface area contributed by atoms with Gasteiger partial charge in [0, 0.05) is 32.4 Å². The van der Waals surface area contributed by atoms with E-state index in [9.17, 15) is 18.0 Å². The average molecular weight is 390 g/mol. The van der Waals surface area contributed by atoms with Crippen molar-refractivity contribution in [3.63, 3.8) is 0 Å². The number of anilines is 1. The van der Waals surface area contributed by atoms with E-state index in [-0.39, 0.29) is 12.3 Å². The molecule has 0 bridgehead atoms. The van der Waals surface area contributed by atoms with Gasteiger partial charge < -0.3 is 9.80 Å². The van der Waals surface area contributed by atoms with Crippen LogP contribution in [0.15, 0.2) is 48.5 Å². The average Bonchev–Trinajstić information content (AvgIpc) is 3.20. The van der Waals surface area contributed by atoms with Crippen molar-refractivity contribution >= 4 is 11.6 Å². The normalized spacial score (nSPS) is 14.4. The summed E-state index contributed by atoms with van der Waals surface area (Å²) in [5.41, 5.74) is 2.35. The molecule has 28 heavy (non-hydrogen) atoms. The molecule has 0 aliphatic carbocycles. The smallest absolute Gasteiger partial charge is 0.371 e. The van der Waals surface area contributed by atoms with Crippen molar-refractivity contribution in [3.05, 3.63) is 65.2 Å². The van der Waals surface area contributed by atoms with Crippen molar-refractivity contribution in [2.24, 2.45) is 0 Å². The highest BCUT2D eigenvalue weighted by molar-refractivity contribution is 5.78. The summed E-state index contributed by atoms with van der Waals surface area (Å²) >= 11 is 0. The molecule has 6 heteroatoms. The van der Waals surface area contributed by atoms with Gasteiger partial charge in [0.15, 0.2) is 0 Å². The number of carbonyl (C=O) groups excluding carboxylic acids is 1. The Labute approximate surface area is 163 Å². The zero-order valence-corrected chi connectivity index (χ0v) is 16.0. The van der Waals surface area contributed by atoms with E-state index >= 15 is 0 Å². The van der Waals surface area contributed by atoms with E-state index in [1.54, 1.807) is 11.9 Å². The minimum Gasteiger partial charge on any atom is -0.371 e. The van der Waals surface area contributed by atoms with E-state index in [4.69, 9.17) is 0 Å². The molecule has 1 amide bonds. The second-order valence-corrected chi connectivity index (χ2v) is 7.26. The lowest BCUT2D eigenvalue weighted by atomic mass is 10.1. The van der Waals surface area contributed by atoms with Crippen LogP contribution in [0.5, 0.6) is 0 Å². The number of hydrogen-bond acceptors (Lipinski definition) is 2. The van der Waals surface area contributed by atoms with Gasteiger partial charge in [-0.1, -0.05) is 30.3 Å². The summed E-state index contributed by atoms with van der Waals surface area (Å²) in [5, 5.41) is 0. The quantitative estimate of drug-likeness (QED) is 0.723. The molecule has 0 radical (unpaired) electrons. The molecule has 0 N–H and O–H groups in total. The summed E-state index contributed by atoms with van der Waals surface area (Å²) < 4.78 is 37.9. The molecule has 1 fully saturated rings. The predicted molar refractivity (Wildman–Crippen MR) is 104 cm³/mol. The number of halogens is 3. The van der Waals surface area contributed by atoms with Crippen molar-refractivity contribution < 1.29 is 18.0 Å². The number of likely N-dealkylation sites (N-methyl/N-ethyl adjacent to an activating group) is 1. The number of alkyl halides is 3. The number of rotatable bonds is 6. The van der Waals surface area contributed by atoms with Crippen molar-refractivity contribution in [1.29, 1.82) is 0 Å². The summed E-state index contributed by atoms with van der Waals surface area (Å²) in [6, 6.07) is 13.1. The largest absolute Gasteiger partial charge is 0.416 e. The lowest BCUT2D eigenvalue weighted by Gasteiger charge is -2.23. The Morgan fingerprint density at radius 2 is 1.68 bits per heavy atom. The van der Waals surface area contributed by atoms with Crippen LogP contribution >= 0.6 is 0 Å². The Balaban J connectivity index is 1.56. The number of carbonyl (C=O) groups is 1. The first-order valence-corrected chi connectivity index (χ1v) is 9.57. The molecule has 0 atom stereocenters. The van der Waals surface area contributed by atoms with Crippen LogP contribution in [0.25, 0.3) is 0 Å². The molecule has 1 saturated heterocycles. The maximum absolute atomic E-state index is 12.6. The molecule has 3 rings (SSSR count). The molecule has 0 unspecified atom stereocenters. The fraction of sp³-hybridized carbons (Fsp3) is 0.409. The number of para-hydroxylation sites is 1. The van der Waals surface area contributed by atoms with Crippen LogP contribution in [-0.4, -0.2) is 37.5 Å². The van der Waals surface area contributed by atoms with E-state index in [1.165, 1.54) is 36.2 Å². The fourth-order valence-corrected chi connectivity index (χ4v) is 3.52. The number of amides is 1. The Hall–Kier alpha value is -2.50. The van der Waals surface area contributed by atoms with E-state index in [1.807, 2.05) is 12.1 Å². The summed E-state index contributed by atoms with van der Waals surface area (Å²) in [7, 11) is 1.74. The molecular formula is C22H25F3N2O. The molecule has 150 valence electrons. The van der Waals surface area contributed by atoms with Crippen LogP contribution in [-0.2, 0) is 23.8 Å². The van der Waals surface area contributed by atoms with E-state index < -0.39 is 11.7 Å². The first-order valence-electron chi connectivity index (χ1n) is 9.57. The van der Waals surface area contributed by atoms with Crippen LogP contribution in [0.3, 0.4) is 0 Å². The third-order valence-corrected chi connectivity index (χ3v) is 5.22. The van der Waals surface area contributed by atoms with Gasteiger partial charge in [0.1, 0.15) is 0 Å². The molecule has 2 aromatic rings. The summed E-state index contributed by atoms with van der Waals surface area (Å²) in [5.74, 6) is -0.0987. The minimum atomic E-state index is -4.36. The molecule has 0 spiro atoms. The third kappa shape index (κ3) is 5.06. The molecular weight excluding hydrogens is 365 g/mol. The van der Waals surface area contributed by atoms with E-state index in [2.05, 4.69) is 17.0 Å².